The van der Waals surface area contributed by atoms with Crippen LogP contribution in [0, 0.1) is 45.3 Å². The van der Waals surface area contributed by atoms with Crippen LogP contribution in [0.3, 0.4) is 0 Å². The monoisotopic (exact) mass is 648 g/mol. The molecule has 0 aromatic carbocycles. The van der Waals surface area contributed by atoms with E-state index < -0.39 is 60.4 Å². The summed E-state index contributed by atoms with van der Waals surface area (Å²) in [7, 11) is 1.73. The lowest BCUT2D eigenvalue weighted by atomic mass is 9.38. The van der Waals surface area contributed by atoms with Crippen LogP contribution in [0.15, 0.2) is 23.8 Å². The zero-order valence-electron chi connectivity index (χ0n) is 29.2. The Bertz CT molecular complexity index is 1180. The van der Waals surface area contributed by atoms with Crippen molar-refractivity contribution in [1.82, 2.24) is 0 Å². The molecule has 5 N–H and O–H groups in total. The quantitative estimate of drug-likeness (QED) is 0.185. The molecule has 3 saturated carbocycles. The summed E-state index contributed by atoms with van der Waals surface area (Å²) >= 11 is 0. The molecule has 46 heavy (non-hydrogen) atoms. The number of carbonyl (C=O) groups is 1. The van der Waals surface area contributed by atoms with Gasteiger partial charge in [0.15, 0.2) is 6.29 Å². The van der Waals surface area contributed by atoms with E-state index >= 15 is 0 Å². The van der Waals surface area contributed by atoms with Crippen molar-refractivity contribution in [3.8, 4) is 0 Å². The van der Waals surface area contributed by atoms with Gasteiger partial charge in [-0.05, 0) is 87.4 Å². The number of allylic oxidation sites excluding steroid dienone is 1. The Kier molecular flexibility index (Phi) is 9.91. The molecule has 1 heterocycles. The molecule has 4 aliphatic carbocycles. The predicted octanol–water partition coefficient (Wildman–Crippen LogP) is 3.93. The van der Waals surface area contributed by atoms with Gasteiger partial charge in [0.2, 0.25) is 0 Å². The molecule has 4 fully saturated rings. The van der Waals surface area contributed by atoms with Crippen molar-refractivity contribution in [2.45, 2.75) is 142 Å². The van der Waals surface area contributed by atoms with Crippen LogP contribution < -0.4 is 0 Å². The van der Waals surface area contributed by atoms with Gasteiger partial charge < -0.3 is 44.5 Å². The number of hydrogen-bond donors (Lipinski definition) is 5. The molecular weight excluding hydrogens is 588 g/mol. The zero-order chi connectivity index (χ0) is 34.0. The molecule has 0 bridgehead atoms. The fourth-order valence-corrected chi connectivity index (χ4v) is 10.9. The van der Waals surface area contributed by atoms with Gasteiger partial charge in [0.25, 0.3) is 0 Å². The van der Waals surface area contributed by atoms with Gasteiger partial charge in [-0.25, -0.2) is 0 Å². The number of carbonyl (C=O) groups excluding carboxylic acids is 1. The Morgan fingerprint density at radius 3 is 2.33 bits per heavy atom. The summed E-state index contributed by atoms with van der Waals surface area (Å²) in [6, 6.07) is 0. The number of fused-ring (bicyclic) bond motifs is 5. The van der Waals surface area contributed by atoms with E-state index in [-0.39, 0.29) is 28.3 Å². The van der Waals surface area contributed by atoms with Gasteiger partial charge >= 0.3 is 0 Å². The normalized spacial score (nSPS) is 47.9. The molecule has 1 saturated heterocycles. The molecule has 0 aromatic heterocycles. The van der Waals surface area contributed by atoms with Gasteiger partial charge in [0, 0.05) is 23.9 Å². The van der Waals surface area contributed by atoms with Crippen LogP contribution in [-0.4, -0.2) is 94.1 Å². The van der Waals surface area contributed by atoms with E-state index in [9.17, 15) is 30.3 Å². The third kappa shape index (κ3) is 5.49. The summed E-state index contributed by atoms with van der Waals surface area (Å²) in [5.41, 5.74) is -0.824. The van der Waals surface area contributed by atoms with Crippen molar-refractivity contribution >= 4 is 6.29 Å². The fraction of sp³-hybridized carbons (Fsp3) is 0.865. The third-order valence-corrected chi connectivity index (χ3v) is 14.0. The predicted molar refractivity (Wildman–Crippen MR) is 173 cm³/mol. The molecule has 0 aromatic rings. The molecule has 9 heteroatoms. The summed E-state index contributed by atoms with van der Waals surface area (Å²) in [5, 5.41) is 53.0. The first-order chi connectivity index (χ1) is 21.4. The highest BCUT2D eigenvalue weighted by atomic mass is 16.7. The lowest BCUT2D eigenvalue weighted by Gasteiger charge is -2.66. The molecule has 14 atom stereocenters. The molecule has 1 aliphatic heterocycles. The number of ether oxygens (including phenoxy) is 3. The van der Waals surface area contributed by atoms with E-state index in [2.05, 4.69) is 46.8 Å². The van der Waals surface area contributed by atoms with Gasteiger partial charge in [0.05, 0.1) is 24.4 Å². The van der Waals surface area contributed by atoms with Crippen molar-refractivity contribution in [1.29, 1.82) is 0 Å². The van der Waals surface area contributed by atoms with Crippen LogP contribution in [0.5, 0.6) is 0 Å². The van der Waals surface area contributed by atoms with Gasteiger partial charge in [-0.1, -0.05) is 58.4 Å². The first-order valence-electron chi connectivity index (χ1n) is 17.5. The van der Waals surface area contributed by atoms with Crippen LogP contribution in [0.1, 0.15) is 93.4 Å². The Hall–Kier alpha value is -1.17. The van der Waals surface area contributed by atoms with E-state index in [0.717, 1.165) is 37.7 Å². The SMILES string of the molecule is COC(C)(C)C=CCC(C)C1CCC2(C)C3C(O)C=C4C(CCC(OC5OC(CO)C(O)C(O)C5O)C4(C)C)C3(C=O)CCC12C. The first kappa shape index (κ1) is 36.1. The van der Waals surface area contributed by atoms with E-state index in [0.29, 0.717) is 24.7 Å². The van der Waals surface area contributed by atoms with Crippen LogP contribution in [-0.2, 0) is 19.0 Å². The van der Waals surface area contributed by atoms with Gasteiger partial charge in [-0.3, -0.25) is 0 Å². The van der Waals surface area contributed by atoms with E-state index in [4.69, 9.17) is 14.2 Å². The Morgan fingerprint density at radius 2 is 1.70 bits per heavy atom. The van der Waals surface area contributed by atoms with E-state index in [1.54, 1.807) is 7.11 Å². The van der Waals surface area contributed by atoms with Crippen LogP contribution in [0.4, 0.5) is 0 Å². The number of methoxy groups -OCH3 is 1. The van der Waals surface area contributed by atoms with Gasteiger partial charge in [-0.15, -0.1) is 0 Å². The summed E-state index contributed by atoms with van der Waals surface area (Å²) < 4.78 is 17.6. The molecule has 0 amide bonds. The van der Waals surface area contributed by atoms with E-state index in [1.165, 1.54) is 6.29 Å². The highest BCUT2D eigenvalue weighted by Gasteiger charge is 2.71. The first-order valence-corrected chi connectivity index (χ1v) is 17.5. The van der Waals surface area contributed by atoms with Crippen molar-refractivity contribution in [2.75, 3.05) is 13.7 Å². The second-order valence-corrected chi connectivity index (χ2v) is 16.9. The third-order valence-electron chi connectivity index (χ3n) is 14.0. The second-order valence-electron chi connectivity index (χ2n) is 16.9. The maximum Gasteiger partial charge on any atom is 0.187 e. The summed E-state index contributed by atoms with van der Waals surface area (Å²) in [4.78, 5) is 13.5. The zero-order valence-corrected chi connectivity index (χ0v) is 29.2. The minimum absolute atomic E-state index is 0.0144. The van der Waals surface area contributed by atoms with Gasteiger partial charge in [0.1, 0.15) is 30.7 Å². The molecule has 0 spiro atoms. The highest BCUT2D eigenvalue weighted by molar-refractivity contribution is 5.65. The average Bonchev–Trinajstić information content (AvgIpc) is 3.29. The topological polar surface area (TPSA) is 146 Å². The van der Waals surface area contributed by atoms with Crippen LogP contribution >= 0.6 is 0 Å². The largest absolute Gasteiger partial charge is 0.394 e. The minimum Gasteiger partial charge on any atom is -0.394 e. The number of rotatable bonds is 9. The lowest BCUT2D eigenvalue weighted by molar-refractivity contribution is -0.320. The van der Waals surface area contributed by atoms with Crippen LogP contribution in [0.25, 0.3) is 0 Å². The number of aliphatic hydroxyl groups is 5. The fourth-order valence-electron chi connectivity index (χ4n) is 10.9. The Morgan fingerprint density at radius 1 is 1.00 bits per heavy atom. The van der Waals surface area contributed by atoms with Crippen molar-refractivity contribution < 1.29 is 44.5 Å². The minimum atomic E-state index is -1.52. The number of hydrogen-bond acceptors (Lipinski definition) is 9. The standard InChI is InChI=1S/C37H60O9/c1-21(10-9-14-33(2,3)44-8)22-13-15-36(7)31-25(40)18-24-23(37(31,20-39)17-16-35(22,36)6)11-12-27(34(24,4)5)46-32-30(43)29(42)28(41)26(19-38)45-32/h9,14,18,20-23,25-32,38,40-43H,10-13,15-17,19H2,1-8H3. The van der Waals surface area contributed by atoms with Crippen molar-refractivity contribution in [2.24, 2.45) is 45.3 Å². The molecule has 9 nitrogen and oxygen atoms in total. The second kappa shape index (κ2) is 12.6. The van der Waals surface area contributed by atoms with Gasteiger partial charge in [-0.2, -0.15) is 0 Å². The number of aldehydes is 1. The molecule has 14 unspecified atom stereocenters. The molecule has 5 aliphatic rings. The lowest BCUT2D eigenvalue weighted by Crippen LogP contribution is -2.65. The summed E-state index contributed by atoms with van der Waals surface area (Å²) in [5.74, 6) is 0.707. The van der Waals surface area contributed by atoms with Crippen molar-refractivity contribution in [3.05, 3.63) is 23.8 Å². The number of aliphatic hydroxyl groups excluding tert-OH is 5. The Labute approximate surface area is 275 Å². The Balaban J connectivity index is 1.41. The molecular formula is C37H60O9. The maximum absolute atomic E-state index is 13.5. The smallest absolute Gasteiger partial charge is 0.187 e. The summed E-state index contributed by atoms with van der Waals surface area (Å²) in [6.45, 7) is 14.8. The molecule has 262 valence electrons. The van der Waals surface area contributed by atoms with Crippen LogP contribution in [0.2, 0.25) is 0 Å². The molecule has 0 radical (unpaired) electrons. The highest BCUT2D eigenvalue weighted by Crippen LogP contribution is 2.74. The van der Waals surface area contributed by atoms with E-state index in [1.807, 2.05) is 19.9 Å². The van der Waals surface area contributed by atoms with Crippen molar-refractivity contribution in [3.63, 3.8) is 0 Å². The molecule has 5 rings (SSSR count). The maximum atomic E-state index is 13.5. The summed E-state index contributed by atoms with van der Waals surface area (Å²) in [6.07, 6.45) is 5.57. The average molecular weight is 649 g/mol.